The normalized spacial score (nSPS) is 11.2. The molecule has 0 atom stereocenters. The number of hydrogen-bond acceptors (Lipinski definition) is 2. The first kappa shape index (κ1) is 13.3. The standard InChI is InChI=1S/C11H9F4NO/c1-11(2,3)17-10-5(4-16)6(12)7(13)8(14)9(10)15/h1-3H3. The van der Waals surface area contributed by atoms with Crippen molar-refractivity contribution in [3.63, 3.8) is 0 Å². The molecular weight excluding hydrogens is 238 g/mol. The van der Waals surface area contributed by atoms with Crippen molar-refractivity contribution in [3.8, 4) is 11.8 Å². The van der Waals surface area contributed by atoms with E-state index in [2.05, 4.69) is 0 Å². The summed E-state index contributed by atoms with van der Waals surface area (Å²) in [6.45, 7) is 4.48. The lowest BCUT2D eigenvalue weighted by Gasteiger charge is -2.22. The highest BCUT2D eigenvalue weighted by molar-refractivity contribution is 5.46. The highest BCUT2D eigenvalue weighted by Gasteiger charge is 2.29. The predicted octanol–water partition coefficient (Wildman–Crippen LogP) is 3.29. The molecule has 0 aliphatic heterocycles. The van der Waals surface area contributed by atoms with E-state index in [0.717, 1.165) is 0 Å². The van der Waals surface area contributed by atoms with Crippen molar-refractivity contribution < 1.29 is 22.3 Å². The Morgan fingerprint density at radius 3 is 1.82 bits per heavy atom. The fourth-order valence-corrected chi connectivity index (χ4v) is 1.11. The van der Waals surface area contributed by atoms with E-state index in [0.29, 0.717) is 0 Å². The molecule has 92 valence electrons. The van der Waals surface area contributed by atoms with Crippen molar-refractivity contribution in [2.45, 2.75) is 26.4 Å². The van der Waals surface area contributed by atoms with Gasteiger partial charge in [-0.1, -0.05) is 0 Å². The van der Waals surface area contributed by atoms with Crippen LogP contribution in [0.3, 0.4) is 0 Å². The van der Waals surface area contributed by atoms with Gasteiger partial charge in [-0.25, -0.2) is 13.2 Å². The molecule has 0 fully saturated rings. The van der Waals surface area contributed by atoms with Crippen molar-refractivity contribution in [2.75, 3.05) is 0 Å². The highest BCUT2D eigenvalue weighted by atomic mass is 19.2. The summed E-state index contributed by atoms with van der Waals surface area (Å²) < 4.78 is 57.3. The molecule has 0 N–H and O–H groups in total. The molecule has 0 unspecified atom stereocenters. The lowest BCUT2D eigenvalue weighted by Crippen LogP contribution is -2.25. The summed E-state index contributed by atoms with van der Waals surface area (Å²) in [4.78, 5) is 0. The average molecular weight is 247 g/mol. The maximum Gasteiger partial charge on any atom is 0.205 e. The van der Waals surface area contributed by atoms with Crippen LogP contribution in [-0.4, -0.2) is 5.60 Å². The largest absolute Gasteiger partial charge is 0.483 e. The second-order valence-electron chi connectivity index (χ2n) is 4.29. The molecule has 0 amide bonds. The van der Waals surface area contributed by atoms with E-state index in [4.69, 9.17) is 10.00 Å². The smallest absolute Gasteiger partial charge is 0.205 e. The van der Waals surface area contributed by atoms with Gasteiger partial charge >= 0.3 is 0 Å². The maximum absolute atomic E-state index is 13.4. The zero-order valence-corrected chi connectivity index (χ0v) is 9.37. The van der Waals surface area contributed by atoms with Crippen molar-refractivity contribution in [3.05, 3.63) is 28.8 Å². The summed E-state index contributed by atoms with van der Waals surface area (Å²) in [5, 5.41) is 8.61. The van der Waals surface area contributed by atoms with Crippen LogP contribution >= 0.6 is 0 Å². The summed E-state index contributed by atoms with van der Waals surface area (Å²) in [6.07, 6.45) is 0. The number of nitriles is 1. The molecule has 1 aromatic carbocycles. The third-order valence-corrected chi connectivity index (χ3v) is 1.74. The van der Waals surface area contributed by atoms with Crippen molar-refractivity contribution >= 4 is 0 Å². The van der Waals surface area contributed by atoms with E-state index in [1.165, 1.54) is 26.8 Å². The molecule has 0 aliphatic carbocycles. The quantitative estimate of drug-likeness (QED) is 0.433. The Morgan fingerprint density at radius 1 is 0.941 bits per heavy atom. The zero-order chi connectivity index (χ0) is 13.4. The van der Waals surface area contributed by atoms with Gasteiger partial charge in [0.2, 0.25) is 11.6 Å². The first-order valence-corrected chi connectivity index (χ1v) is 4.64. The van der Waals surface area contributed by atoms with Crippen molar-refractivity contribution in [1.29, 1.82) is 5.26 Å². The van der Waals surface area contributed by atoms with Gasteiger partial charge in [-0.05, 0) is 20.8 Å². The fraction of sp³-hybridized carbons (Fsp3) is 0.364. The molecule has 6 heteroatoms. The third-order valence-electron chi connectivity index (χ3n) is 1.74. The molecule has 1 aromatic rings. The van der Waals surface area contributed by atoms with E-state index in [-0.39, 0.29) is 0 Å². The van der Waals surface area contributed by atoms with Crippen LogP contribution in [-0.2, 0) is 0 Å². The monoisotopic (exact) mass is 247 g/mol. The molecule has 0 radical (unpaired) electrons. The number of hydrogen-bond donors (Lipinski definition) is 0. The third kappa shape index (κ3) is 2.49. The van der Waals surface area contributed by atoms with Crippen LogP contribution in [0.15, 0.2) is 0 Å². The predicted molar refractivity (Wildman–Crippen MR) is 51.4 cm³/mol. The molecule has 1 rings (SSSR count). The van der Waals surface area contributed by atoms with Crippen LogP contribution in [0, 0.1) is 34.6 Å². The van der Waals surface area contributed by atoms with Gasteiger partial charge in [-0.2, -0.15) is 9.65 Å². The van der Waals surface area contributed by atoms with Gasteiger partial charge < -0.3 is 4.74 Å². The summed E-state index contributed by atoms with van der Waals surface area (Å²) in [7, 11) is 0. The van der Waals surface area contributed by atoms with Crippen LogP contribution < -0.4 is 4.74 Å². The molecule has 0 saturated carbocycles. The van der Waals surface area contributed by atoms with Gasteiger partial charge in [0.1, 0.15) is 17.2 Å². The molecule has 0 bridgehead atoms. The van der Waals surface area contributed by atoms with Gasteiger partial charge in [-0.15, -0.1) is 0 Å². The Morgan fingerprint density at radius 2 is 1.41 bits per heavy atom. The van der Waals surface area contributed by atoms with Crippen LogP contribution in [0.4, 0.5) is 17.6 Å². The minimum Gasteiger partial charge on any atom is -0.483 e. The van der Waals surface area contributed by atoms with Gasteiger partial charge in [0.25, 0.3) is 0 Å². The second kappa shape index (κ2) is 4.24. The van der Waals surface area contributed by atoms with Gasteiger partial charge in [0.15, 0.2) is 17.4 Å². The number of nitrogens with zero attached hydrogens (tertiary/aromatic N) is 1. The second-order valence-corrected chi connectivity index (χ2v) is 4.29. The summed E-state index contributed by atoms with van der Waals surface area (Å²) in [5.41, 5.74) is -1.97. The lowest BCUT2D eigenvalue weighted by molar-refractivity contribution is 0.121. The molecule has 17 heavy (non-hydrogen) atoms. The highest BCUT2D eigenvalue weighted by Crippen LogP contribution is 2.32. The summed E-state index contributed by atoms with van der Waals surface area (Å²) in [6, 6.07) is 1.25. The Hall–Kier alpha value is -1.77. The van der Waals surface area contributed by atoms with Gasteiger partial charge in [0.05, 0.1) is 0 Å². The summed E-state index contributed by atoms with van der Waals surface area (Å²) >= 11 is 0. The number of benzene rings is 1. The molecule has 0 heterocycles. The fourth-order valence-electron chi connectivity index (χ4n) is 1.11. The SMILES string of the molecule is CC(C)(C)Oc1c(F)c(F)c(F)c(F)c1C#N. The molecule has 0 aromatic heterocycles. The van der Waals surface area contributed by atoms with Crippen molar-refractivity contribution in [1.82, 2.24) is 0 Å². The van der Waals surface area contributed by atoms with E-state index in [1.807, 2.05) is 0 Å². The Bertz CT molecular complexity index is 500. The first-order chi connectivity index (χ1) is 7.69. The molecule has 0 spiro atoms. The van der Waals surface area contributed by atoms with Crippen LogP contribution in [0.1, 0.15) is 26.3 Å². The summed E-state index contributed by atoms with van der Waals surface area (Å²) in [5.74, 6) is -8.42. The lowest BCUT2D eigenvalue weighted by atomic mass is 10.1. The minimum atomic E-state index is -2.03. The minimum absolute atomic E-state index is 0.920. The van der Waals surface area contributed by atoms with E-state index in [1.54, 1.807) is 0 Å². The van der Waals surface area contributed by atoms with Crippen LogP contribution in [0.5, 0.6) is 5.75 Å². The number of ether oxygens (including phenoxy) is 1. The molecular formula is C11H9F4NO. The van der Waals surface area contributed by atoms with Crippen LogP contribution in [0.2, 0.25) is 0 Å². The Kier molecular flexibility index (Phi) is 3.32. The van der Waals surface area contributed by atoms with E-state index in [9.17, 15) is 17.6 Å². The van der Waals surface area contributed by atoms with Gasteiger partial charge in [0, 0.05) is 0 Å². The van der Waals surface area contributed by atoms with E-state index >= 15 is 0 Å². The molecule has 2 nitrogen and oxygen atoms in total. The maximum atomic E-state index is 13.4. The number of rotatable bonds is 1. The Labute approximate surface area is 95.4 Å². The Balaban J connectivity index is 3.54. The molecule has 0 aliphatic rings. The zero-order valence-electron chi connectivity index (χ0n) is 9.37. The van der Waals surface area contributed by atoms with Gasteiger partial charge in [-0.3, -0.25) is 0 Å². The van der Waals surface area contributed by atoms with Crippen LogP contribution in [0.25, 0.3) is 0 Å². The molecule has 0 saturated heterocycles. The topological polar surface area (TPSA) is 33.0 Å². The van der Waals surface area contributed by atoms with Crippen molar-refractivity contribution in [2.24, 2.45) is 0 Å². The first-order valence-electron chi connectivity index (χ1n) is 4.64. The number of halogens is 4. The van der Waals surface area contributed by atoms with E-state index < -0.39 is 40.2 Å². The average Bonchev–Trinajstić information content (AvgIpc) is 2.22.